The number of thioether (sulfide) groups is 1. The quantitative estimate of drug-likeness (QED) is 0.0990. The minimum absolute atomic E-state index is 0.0334. The van der Waals surface area contributed by atoms with E-state index in [0.717, 1.165) is 32.4 Å². The van der Waals surface area contributed by atoms with Crippen molar-refractivity contribution >= 4 is 74.5 Å². The van der Waals surface area contributed by atoms with Crippen molar-refractivity contribution in [1.82, 2.24) is 0 Å². The van der Waals surface area contributed by atoms with Gasteiger partial charge in [-0.3, -0.25) is 9.69 Å². The Bertz CT molecular complexity index is 1410. The molecule has 1 amide bonds. The smallest absolute Gasteiger partial charge is 0.416 e. The molecule has 0 radical (unpaired) electrons. The van der Waals surface area contributed by atoms with E-state index in [1.807, 2.05) is 28.7 Å². The van der Waals surface area contributed by atoms with Gasteiger partial charge in [-0.2, -0.15) is 13.2 Å². The number of esters is 1. The third-order valence-corrected chi connectivity index (χ3v) is 7.25. The average molecular weight is 641 g/mol. The van der Waals surface area contributed by atoms with E-state index in [1.54, 1.807) is 36.4 Å². The van der Waals surface area contributed by atoms with E-state index in [9.17, 15) is 22.8 Å². The minimum atomic E-state index is -4.55. The van der Waals surface area contributed by atoms with Crippen LogP contribution in [0.2, 0.25) is 0 Å². The number of ether oxygens (including phenoxy) is 2. The number of anilines is 1. The number of benzene rings is 3. The number of thiocarbonyl (C=S) groups is 1. The van der Waals surface area contributed by atoms with E-state index < -0.39 is 23.6 Å². The Kier molecular flexibility index (Phi) is 7.71. The predicted molar refractivity (Wildman–Crippen MR) is 144 cm³/mol. The number of halogens is 4. The lowest BCUT2D eigenvalue weighted by Crippen LogP contribution is -2.27. The molecule has 3 aromatic carbocycles. The van der Waals surface area contributed by atoms with Gasteiger partial charge in [-0.15, -0.1) is 0 Å². The molecule has 0 atom stereocenters. The van der Waals surface area contributed by atoms with Crippen LogP contribution in [0.3, 0.4) is 0 Å². The molecule has 1 aliphatic rings. The van der Waals surface area contributed by atoms with Crippen molar-refractivity contribution in [3.8, 4) is 11.5 Å². The molecular formula is C25H15F3INO4S2. The number of hydrogen-bond donors (Lipinski definition) is 0. The van der Waals surface area contributed by atoms with Crippen LogP contribution in [0.15, 0.2) is 71.6 Å². The number of rotatable bonds is 5. The first-order valence-corrected chi connectivity index (χ1v) is 12.5. The van der Waals surface area contributed by atoms with E-state index in [4.69, 9.17) is 21.7 Å². The molecule has 0 bridgehead atoms. The second-order valence-corrected chi connectivity index (χ2v) is 10.2. The number of alkyl halides is 3. The van der Waals surface area contributed by atoms with Crippen molar-refractivity contribution in [2.75, 3.05) is 12.0 Å². The first kappa shape index (κ1) is 26.2. The van der Waals surface area contributed by atoms with Gasteiger partial charge in [0.1, 0.15) is 0 Å². The molecule has 0 aliphatic carbocycles. The number of carbonyl (C=O) groups excluding carboxylic acids is 2. The molecule has 1 fully saturated rings. The van der Waals surface area contributed by atoms with Crippen LogP contribution in [0.5, 0.6) is 11.5 Å². The second-order valence-electron chi connectivity index (χ2n) is 7.34. The second kappa shape index (κ2) is 10.6. The van der Waals surface area contributed by atoms with Crippen molar-refractivity contribution in [2.24, 2.45) is 0 Å². The third kappa shape index (κ3) is 5.57. The highest BCUT2D eigenvalue weighted by Crippen LogP contribution is 2.39. The highest BCUT2D eigenvalue weighted by Gasteiger charge is 2.36. The van der Waals surface area contributed by atoms with Gasteiger partial charge in [0.25, 0.3) is 5.91 Å². The largest absolute Gasteiger partial charge is 0.493 e. The number of amides is 1. The molecule has 4 rings (SSSR count). The molecule has 5 nitrogen and oxygen atoms in total. The molecule has 1 heterocycles. The summed E-state index contributed by atoms with van der Waals surface area (Å²) in [4.78, 5) is 26.9. The monoisotopic (exact) mass is 641 g/mol. The normalized spacial score (nSPS) is 14.9. The maximum absolute atomic E-state index is 13.1. The maximum atomic E-state index is 13.1. The average Bonchev–Trinajstić information content (AvgIpc) is 3.12. The molecule has 3 aromatic rings. The van der Waals surface area contributed by atoms with E-state index in [2.05, 4.69) is 0 Å². The molecule has 184 valence electrons. The zero-order valence-electron chi connectivity index (χ0n) is 18.3. The van der Waals surface area contributed by atoms with Gasteiger partial charge in [-0.05, 0) is 76.7 Å². The lowest BCUT2D eigenvalue weighted by Gasteiger charge is -2.16. The Morgan fingerprint density at radius 2 is 1.81 bits per heavy atom. The number of carbonyl (C=O) groups is 2. The van der Waals surface area contributed by atoms with Crippen LogP contribution in [-0.4, -0.2) is 23.3 Å². The van der Waals surface area contributed by atoms with Crippen molar-refractivity contribution in [1.29, 1.82) is 0 Å². The number of hydrogen-bond acceptors (Lipinski definition) is 6. The summed E-state index contributed by atoms with van der Waals surface area (Å²) in [7, 11) is 1.41. The van der Waals surface area contributed by atoms with Crippen LogP contribution >= 0.6 is 46.6 Å². The fourth-order valence-corrected chi connectivity index (χ4v) is 5.21. The highest BCUT2D eigenvalue weighted by atomic mass is 127. The van der Waals surface area contributed by atoms with Crippen LogP contribution in [0.25, 0.3) is 6.08 Å². The van der Waals surface area contributed by atoms with Gasteiger partial charge in [0.05, 0.1) is 28.8 Å². The fourth-order valence-electron chi connectivity index (χ4n) is 3.30. The van der Waals surface area contributed by atoms with Crippen LogP contribution in [0, 0.1) is 3.57 Å². The lowest BCUT2D eigenvalue weighted by atomic mass is 10.1. The van der Waals surface area contributed by atoms with Gasteiger partial charge in [0.15, 0.2) is 15.8 Å². The van der Waals surface area contributed by atoms with Crippen LogP contribution in [-0.2, 0) is 11.0 Å². The summed E-state index contributed by atoms with van der Waals surface area (Å²) < 4.78 is 51.1. The van der Waals surface area contributed by atoms with Crippen molar-refractivity contribution < 1.29 is 32.2 Å². The molecule has 0 spiro atoms. The lowest BCUT2D eigenvalue weighted by molar-refractivity contribution is -0.137. The third-order valence-electron chi connectivity index (χ3n) is 5.01. The molecule has 0 aromatic heterocycles. The molecular weight excluding hydrogens is 626 g/mol. The Morgan fingerprint density at radius 3 is 2.50 bits per heavy atom. The fraction of sp³-hybridized carbons (Fsp3) is 0.0800. The molecule has 36 heavy (non-hydrogen) atoms. The Balaban J connectivity index is 1.58. The summed E-state index contributed by atoms with van der Waals surface area (Å²) in [6, 6.07) is 16.1. The molecule has 11 heteroatoms. The summed E-state index contributed by atoms with van der Waals surface area (Å²) in [5.41, 5.74) is 0.109. The van der Waals surface area contributed by atoms with E-state index >= 15 is 0 Å². The summed E-state index contributed by atoms with van der Waals surface area (Å²) in [6.45, 7) is 0. The summed E-state index contributed by atoms with van der Waals surface area (Å²) in [5, 5.41) is 0. The Labute approximate surface area is 227 Å². The zero-order valence-corrected chi connectivity index (χ0v) is 22.1. The standard InChI is InChI=1S/C25H15F3INO4S2/c1-33-20-11-14(9-10-19(20)34-23(32)17-7-2-3-8-18(17)29)12-21-22(31)30(24(35)36-21)16-6-4-5-15(13-16)25(26,27)28/h2-13H,1H3. The van der Waals surface area contributed by atoms with Crippen LogP contribution < -0.4 is 14.4 Å². The number of methoxy groups -OCH3 is 1. The minimum Gasteiger partial charge on any atom is -0.493 e. The zero-order chi connectivity index (χ0) is 26.0. The molecule has 0 N–H and O–H groups in total. The molecule has 1 aliphatic heterocycles. The van der Waals surface area contributed by atoms with Crippen molar-refractivity contribution in [3.63, 3.8) is 0 Å². The highest BCUT2D eigenvalue weighted by molar-refractivity contribution is 14.1. The predicted octanol–water partition coefficient (Wildman–Crippen LogP) is 6.94. The van der Waals surface area contributed by atoms with E-state index in [-0.39, 0.29) is 26.4 Å². The summed E-state index contributed by atoms with van der Waals surface area (Å²) in [5.74, 6) is -0.641. The molecule has 0 unspecified atom stereocenters. The first-order valence-electron chi connectivity index (χ1n) is 10.2. The molecule has 0 saturated carbocycles. The number of nitrogens with zero attached hydrogens (tertiary/aromatic N) is 1. The SMILES string of the molecule is COc1cc(C=C2SC(=S)N(c3cccc(C(F)(F)F)c3)C2=O)ccc1OC(=O)c1ccccc1I. The van der Waals surface area contributed by atoms with Crippen molar-refractivity contribution in [2.45, 2.75) is 6.18 Å². The van der Waals surface area contributed by atoms with Crippen molar-refractivity contribution in [3.05, 3.63) is 91.9 Å². The van der Waals surface area contributed by atoms with E-state index in [0.29, 0.717) is 11.1 Å². The van der Waals surface area contributed by atoms with Gasteiger partial charge in [-0.25, -0.2) is 4.79 Å². The first-order chi connectivity index (χ1) is 17.1. The van der Waals surface area contributed by atoms with Gasteiger partial charge in [-0.1, -0.05) is 48.2 Å². The Morgan fingerprint density at radius 1 is 1.06 bits per heavy atom. The summed E-state index contributed by atoms with van der Waals surface area (Å²) in [6.07, 6.45) is -3.01. The van der Waals surface area contributed by atoms with Crippen LogP contribution in [0.4, 0.5) is 18.9 Å². The van der Waals surface area contributed by atoms with Gasteiger partial charge in [0.2, 0.25) is 0 Å². The topological polar surface area (TPSA) is 55.8 Å². The van der Waals surface area contributed by atoms with E-state index in [1.165, 1.54) is 25.3 Å². The summed E-state index contributed by atoms with van der Waals surface area (Å²) >= 11 is 8.28. The van der Waals surface area contributed by atoms with Gasteiger partial charge in [0, 0.05) is 3.57 Å². The molecule has 1 saturated heterocycles. The van der Waals surface area contributed by atoms with Gasteiger partial charge < -0.3 is 9.47 Å². The Hall–Kier alpha value is -2.90. The van der Waals surface area contributed by atoms with Gasteiger partial charge >= 0.3 is 12.1 Å². The van der Waals surface area contributed by atoms with Crippen LogP contribution in [0.1, 0.15) is 21.5 Å². The maximum Gasteiger partial charge on any atom is 0.416 e.